The normalized spacial score (nSPS) is 10.6. The summed E-state index contributed by atoms with van der Waals surface area (Å²) >= 11 is 11.6. The Morgan fingerprint density at radius 1 is 1.45 bits per heavy atom. The van der Waals surface area contributed by atoms with Crippen molar-refractivity contribution in [1.29, 1.82) is 0 Å². The van der Waals surface area contributed by atoms with Crippen LogP contribution >= 0.6 is 23.2 Å². The number of hydrogen-bond donors (Lipinski definition) is 2. The molecule has 0 atom stereocenters. The average molecular weight is 315 g/mol. The summed E-state index contributed by atoms with van der Waals surface area (Å²) in [6.45, 7) is 0.615. The average Bonchev–Trinajstić information content (AvgIpc) is 2.81. The van der Waals surface area contributed by atoms with Gasteiger partial charge in [-0.05, 0) is 13.1 Å². The minimum Gasteiger partial charge on any atom is -0.314 e. The maximum Gasteiger partial charge on any atom is 0.247 e. The highest BCUT2D eigenvalue weighted by Gasteiger charge is 2.09. The quantitative estimate of drug-likeness (QED) is 0.870. The van der Waals surface area contributed by atoms with Crippen LogP contribution in [0.4, 0.5) is 5.82 Å². The molecule has 0 fully saturated rings. The number of nitrogens with zero attached hydrogens (tertiary/aromatic N) is 4. The molecule has 106 valence electrons. The van der Waals surface area contributed by atoms with Crippen molar-refractivity contribution in [3.63, 3.8) is 0 Å². The predicted octanol–water partition coefficient (Wildman–Crippen LogP) is 1.34. The molecule has 0 aliphatic carbocycles. The molecule has 0 aromatic carbocycles. The standard InChI is InChI=1S/C11H12Cl2N6O/c1-14-4-8-5-19(18-17-8)6-10(20)16-11-9(13)2-7(12)3-15-11/h2-3,5,14H,4,6H2,1H3,(H,15,16,20). The number of carbonyl (C=O) groups excluding carboxylic acids is 1. The fourth-order valence-electron chi connectivity index (χ4n) is 1.50. The van der Waals surface area contributed by atoms with Crippen molar-refractivity contribution in [2.75, 3.05) is 12.4 Å². The van der Waals surface area contributed by atoms with Crippen molar-refractivity contribution in [1.82, 2.24) is 25.3 Å². The van der Waals surface area contributed by atoms with E-state index in [0.29, 0.717) is 11.6 Å². The van der Waals surface area contributed by atoms with E-state index in [9.17, 15) is 4.79 Å². The molecule has 0 unspecified atom stereocenters. The monoisotopic (exact) mass is 314 g/mol. The number of carbonyl (C=O) groups is 1. The summed E-state index contributed by atoms with van der Waals surface area (Å²) in [4.78, 5) is 15.8. The minimum absolute atomic E-state index is 0.0251. The van der Waals surface area contributed by atoms with Crippen LogP contribution in [0.2, 0.25) is 10.0 Å². The van der Waals surface area contributed by atoms with Crippen LogP contribution in [0.25, 0.3) is 0 Å². The van der Waals surface area contributed by atoms with E-state index in [4.69, 9.17) is 23.2 Å². The Hall–Kier alpha value is -1.70. The zero-order chi connectivity index (χ0) is 14.5. The minimum atomic E-state index is -0.303. The van der Waals surface area contributed by atoms with Crippen molar-refractivity contribution in [3.05, 3.63) is 34.2 Å². The van der Waals surface area contributed by atoms with Crippen LogP contribution in [0.5, 0.6) is 0 Å². The van der Waals surface area contributed by atoms with Gasteiger partial charge in [0.25, 0.3) is 0 Å². The highest BCUT2D eigenvalue weighted by atomic mass is 35.5. The molecule has 2 aromatic rings. The maximum absolute atomic E-state index is 11.8. The molecular weight excluding hydrogens is 303 g/mol. The van der Waals surface area contributed by atoms with Gasteiger partial charge in [-0.15, -0.1) is 5.10 Å². The lowest BCUT2D eigenvalue weighted by Gasteiger charge is -2.06. The molecule has 1 amide bonds. The van der Waals surface area contributed by atoms with Crippen LogP contribution in [-0.4, -0.2) is 32.9 Å². The molecule has 7 nitrogen and oxygen atoms in total. The van der Waals surface area contributed by atoms with Gasteiger partial charge in [0.1, 0.15) is 6.54 Å². The number of anilines is 1. The second kappa shape index (κ2) is 6.65. The van der Waals surface area contributed by atoms with Crippen molar-refractivity contribution >= 4 is 34.9 Å². The lowest BCUT2D eigenvalue weighted by molar-refractivity contribution is -0.116. The largest absolute Gasteiger partial charge is 0.314 e. The van der Waals surface area contributed by atoms with Gasteiger partial charge in [0.15, 0.2) is 5.82 Å². The first-order chi connectivity index (χ1) is 9.58. The number of amides is 1. The van der Waals surface area contributed by atoms with Gasteiger partial charge < -0.3 is 10.6 Å². The summed E-state index contributed by atoms with van der Waals surface area (Å²) < 4.78 is 1.44. The SMILES string of the molecule is CNCc1cn(CC(=O)Nc2ncc(Cl)cc2Cl)nn1. The summed E-state index contributed by atoms with van der Waals surface area (Å²) in [5, 5.41) is 14.0. The Bertz CT molecular complexity index is 615. The zero-order valence-corrected chi connectivity index (χ0v) is 12.1. The number of aromatic nitrogens is 4. The van der Waals surface area contributed by atoms with Crippen LogP contribution in [0, 0.1) is 0 Å². The Morgan fingerprint density at radius 3 is 2.95 bits per heavy atom. The number of pyridine rings is 1. The van der Waals surface area contributed by atoms with Crippen molar-refractivity contribution in [3.8, 4) is 0 Å². The van der Waals surface area contributed by atoms with E-state index in [-0.39, 0.29) is 23.3 Å². The fourth-order valence-corrected chi connectivity index (χ4v) is 1.93. The number of rotatable bonds is 5. The molecule has 0 saturated heterocycles. The number of halogens is 2. The van der Waals surface area contributed by atoms with Gasteiger partial charge in [0, 0.05) is 12.7 Å². The molecule has 0 aliphatic rings. The Labute approximate surface area is 125 Å². The van der Waals surface area contributed by atoms with E-state index in [1.165, 1.54) is 16.9 Å². The highest BCUT2D eigenvalue weighted by molar-refractivity contribution is 6.36. The van der Waals surface area contributed by atoms with E-state index in [2.05, 4.69) is 25.9 Å². The molecular formula is C11H12Cl2N6O. The molecule has 2 rings (SSSR count). The number of hydrogen-bond acceptors (Lipinski definition) is 5. The first kappa shape index (κ1) is 14.7. The second-order valence-corrected chi connectivity index (χ2v) is 4.81. The smallest absolute Gasteiger partial charge is 0.247 e. The third-order valence-electron chi connectivity index (χ3n) is 2.32. The van der Waals surface area contributed by atoms with Crippen LogP contribution in [0.15, 0.2) is 18.5 Å². The van der Waals surface area contributed by atoms with E-state index in [1.54, 1.807) is 13.2 Å². The summed E-state index contributed by atoms with van der Waals surface area (Å²) in [6, 6.07) is 1.51. The summed E-state index contributed by atoms with van der Waals surface area (Å²) in [6.07, 6.45) is 3.09. The van der Waals surface area contributed by atoms with Crippen LogP contribution < -0.4 is 10.6 Å². The van der Waals surface area contributed by atoms with Crippen molar-refractivity contribution in [2.24, 2.45) is 0 Å². The summed E-state index contributed by atoms with van der Waals surface area (Å²) in [5.41, 5.74) is 0.753. The van der Waals surface area contributed by atoms with E-state index < -0.39 is 0 Å². The second-order valence-electron chi connectivity index (χ2n) is 3.97. The van der Waals surface area contributed by atoms with Crippen LogP contribution in [0.1, 0.15) is 5.69 Å². The van der Waals surface area contributed by atoms with Crippen molar-refractivity contribution < 1.29 is 4.79 Å². The molecule has 0 bridgehead atoms. The molecule has 2 N–H and O–H groups in total. The molecule has 0 radical (unpaired) electrons. The molecule has 2 heterocycles. The zero-order valence-electron chi connectivity index (χ0n) is 10.6. The van der Waals surface area contributed by atoms with Gasteiger partial charge in [0.2, 0.25) is 5.91 Å². The molecule has 2 aromatic heterocycles. The van der Waals surface area contributed by atoms with Gasteiger partial charge in [-0.3, -0.25) is 4.79 Å². The van der Waals surface area contributed by atoms with Gasteiger partial charge in [0.05, 0.1) is 21.9 Å². The molecule has 20 heavy (non-hydrogen) atoms. The summed E-state index contributed by atoms with van der Waals surface area (Å²) in [5.74, 6) is -0.0424. The van der Waals surface area contributed by atoms with E-state index >= 15 is 0 Å². The number of nitrogens with one attached hydrogen (secondary N) is 2. The first-order valence-electron chi connectivity index (χ1n) is 5.73. The van der Waals surface area contributed by atoms with Crippen LogP contribution in [-0.2, 0) is 17.9 Å². The molecule has 9 heteroatoms. The highest BCUT2D eigenvalue weighted by Crippen LogP contribution is 2.22. The molecule has 0 spiro atoms. The van der Waals surface area contributed by atoms with Gasteiger partial charge >= 0.3 is 0 Å². The lowest BCUT2D eigenvalue weighted by atomic mass is 10.4. The van der Waals surface area contributed by atoms with Crippen molar-refractivity contribution in [2.45, 2.75) is 13.1 Å². The maximum atomic E-state index is 11.8. The van der Waals surface area contributed by atoms with E-state index in [0.717, 1.165) is 5.69 Å². The van der Waals surface area contributed by atoms with Gasteiger partial charge in [-0.1, -0.05) is 28.4 Å². The Kier molecular flexibility index (Phi) is 4.89. The van der Waals surface area contributed by atoms with Crippen LogP contribution in [0.3, 0.4) is 0 Å². The Balaban J connectivity index is 1.97. The lowest BCUT2D eigenvalue weighted by Crippen LogP contribution is -2.20. The third-order valence-corrected chi connectivity index (χ3v) is 2.81. The molecule has 0 aliphatic heterocycles. The summed E-state index contributed by atoms with van der Waals surface area (Å²) in [7, 11) is 1.81. The topological polar surface area (TPSA) is 84.7 Å². The van der Waals surface area contributed by atoms with E-state index in [1.807, 2.05) is 0 Å². The van der Waals surface area contributed by atoms with Gasteiger partial charge in [-0.2, -0.15) is 0 Å². The first-order valence-corrected chi connectivity index (χ1v) is 6.48. The predicted molar refractivity (Wildman–Crippen MR) is 75.7 cm³/mol. The molecule has 0 saturated carbocycles. The fraction of sp³-hybridized carbons (Fsp3) is 0.273. The third kappa shape index (κ3) is 3.89. The van der Waals surface area contributed by atoms with Gasteiger partial charge in [-0.25, -0.2) is 9.67 Å². The Morgan fingerprint density at radius 2 is 2.25 bits per heavy atom.